The van der Waals surface area contributed by atoms with Crippen molar-refractivity contribution in [2.45, 2.75) is 407 Å². The van der Waals surface area contributed by atoms with Gasteiger partial charge in [0.25, 0.3) is 0 Å². The molecule has 0 aliphatic rings. The molecule has 558 valence electrons. The van der Waals surface area contributed by atoms with Crippen molar-refractivity contribution in [2.75, 3.05) is 39.6 Å². The fraction of sp³-hybridized carbons (Fsp3) is 0.947. The first kappa shape index (κ1) is 92.1. The first-order valence-electron chi connectivity index (χ1n) is 39.0. The normalized spacial score (nSPS) is 14.0. The molecule has 94 heavy (non-hydrogen) atoms. The molecular formula is C75H146O17P2. The predicted octanol–water partition coefficient (Wildman–Crippen LogP) is 21.9. The third-order valence-electron chi connectivity index (χ3n) is 17.5. The van der Waals surface area contributed by atoms with Crippen LogP contribution in [0, 0.1) is 11.8 Å². The molecule has 0 saturated carbocycles. The summed E-state index contributed by atoms with van der Waals surface area (Å²) in [5, 5.41) is 10.6. The van der Waals surface area contributed by atoms with E-state index in [0.29, 0.717) is 31.6 Å². The molecule has 0 aromatic carbocycles. The smallest absolute Gasteiger partial charge is 0.462 e. The zero-order valence-electron chi connectivity index (χ0n) is 61.3. The molecule has 0 rings (SSSR count). The van der Waals surface area contributed by atoms with Gasteiger partial charge >= 0.3 is 39.5 Å². The average molecular weight is 1380 g/mol. The summed E-state index contributed by atoms with van der Waals surface area (Å²) >= 11 is 0. The highest BCUT2D eigenvalue weighted by atomic mass is 31.2. The molecule has 0 aliphatic heterocycles. The second-order valence-electron chi connectivity index (χ2n) is 28.0. The number of carbonyl (C=O) groups is 4. The standard InChI is InChI=1S/C75H146O17P2/c1-7-9-11-13-15-16-17-18-19-20-21-22-23-24-25-28-32-35-41-47-53-59-74(79)91-71(64-86-73(78)58-52-46-40-34-31-29-26-27-30-33-38-43-49-55-67(3)4)66-90-94(83,84)88-62-69(76)61-87-93(81,82)89-65-70(63-85-72(77)57-51-45-37-14-12-10-8-2)92-75(80)60-54-48-42-36-39-44-50-56-68(5)6/h67-71,76H,7-66H2,1-6H3,(H,81,82)(H,83,84)/t69-,70+,71+/m0/s1. The number of aliphatic hydroxyl groups is 1. The van der Waals surface area contributed by atoms with Crippen molar-refractivity contribution in [3.05, 3.63) is 0 Å². The maximum absolute atomic E-state index is 13.1. The zero-order chi connectivity index (χ0) is 69.3. The van der Waals surface area contributed by atoms with Crippen LogP contribution >= 0.6 is 15.6 Å². The summed E-state index contributed by atoms with van der Waals surface area (Å²) < 4.78 is 68.3. The molecule has 19 heteroatoms. The van der Waals surface area contributed by atoms with Gasteiger partial charge in [0.2, 0.25) is 0 Å². The van der Waals surface area contributed by atoms with Crippen molar-refractivity contribution in [2.24, 2.45) is 11.8 Å². The monoisotopic (exact) mass is 1380 g/mol. The van der Waals surface area contributed by atoms with E-state index in [4.69, 9.17) is 37.0 Å². The molecule has 2 unspecified atom stereocenters. The number of unbranched alkanes of at least 4 members (excludes halogenated alkanes) is 44. The molecule has 0 fully saturated rings. The average Bonchev–Trinajstić information content (AvgIpc) is 1.33. The van der Waals surface area contributed by atoms with Crippen molar-refractivity contribution in [3.8, 4) is 0 Å². The van der Waals surface area contributed by atoms with Gasteiger partial charge in [-0.05, 0) is 37.5 Å². The molecule has 0 aromatic heterocycles. The minimum Gasteiger partial charge on any atom is -0.462 e. The van der Waals surface area contributed by atoms with Crippen molar-refractivity contribution in [1.82, 2.24) is 0 Å². The van der Waals surface area contributed by atoms with Crippen LogP contribution in [0.3, 0.4) is 0 Å². The Labute approximate surface area is 575 Å². The highest BCUT2D eigenvalue weighted by molar-refractivity contribution is 7.47. The second-order valence-corrected chi connectivity index (χ2v) is 30.9. The summed E-state index contributed by atoms with van der Waals surface area (Å²) in [6.07, 6.45) is 54.5. The molecule has 0 bridgehead atoms. The first-order chi connectivity index (χ1) is 45.4. The van der Waals surface area contributed by atoms with Gasteiger partial charge in [-0.15, -0.1) is 0 Å². The van der Waals surface area contributed by atoms with Crippen LogP contribution in [-0.2, 0) is 65.4 Å². The highest BCUT2D eigenvalue weighted by Crippen LogP contribution is 2.45. The van der Waals surface area contributed by atoms with E-state index in [-0.39, 0.29) is 25.7 Å². The number of phosphoric acid groups is 2. The molecule has 0 spiro atoms. The van der Waals surface area contributed by atoms with Gasteiger partial charge in [0.15, 0.2) is 12.2 Å². The van der Waals surface area contributed by atoms with Crippen LogP contribution < -0.4 is 0 Å². The predicted molar refractivity (Wildman–Crippen MR) is 381 cm³/mol. The summed E-state index contributed by atoms with van der Waals surface area (Å²) in [5.41, 5.74) is 0. The lowest BCUT2D eigenvalue weighted by atomic mass is 10.0. The molecular weight excluding hydrogens is 1230 g/mol. The number of hydrogen-bond donors (Lipinski definition) is 3. The van der Waals surface area contributed by atoms with Gasteiger partial charge in [-0.2, -0.15) is 0 Å². The third kappa shape index (κ3) is 68.6. The fourth-order valence-electron chi connectivity index (χ4n) is 11.5. The van der Waals surface area contributed by atoms with Gasteiger partial charge in [0.1, 0.15) is 19.3 Å². The third-order valence-corrected chi connectivity index (χ3v) is 19.4. The van der Waals surface area contributed by atoms with Crippen LogP contribution in [0.2, 0.25) is 0 Å². The van der Waals surface area contributed by atoms with E-state index in [1.807, 2.05) is 0 Å². The van der Waals surface area contributed by atoms with Gasteiger partial charge < -0.3 is 33.8 Å². The lowest BCUT2D eigenvalue weighted by molar-refractivity contribution is -0.161. The summed E-state index contributed by atoms with van der Waals surface area (Å²) in [4.78, 5) is 72.6. The van der Waals surface area contributed by atoms with Gasteiger partial charge in [-0.25, -0.2) is 9.13 Å². The second kappa shape index (κ2) is 66.9. The quantitative estimate of drug-likeness (QED) is 0.0222. The summed E-state index contributed by atoms with van der Waals surface area (Å²) in [6, 6.07) is 0. The number of ether oxygens (including phenoxy) is 4. The number of carbonyl (C=O) groups excluding carboxylic acids is 4. The number of rotatable bonds is 74. The van der Waals surface area contributed by atoms with Gasteiger partial charge in [-0.3, -0.25) is 37.3 Å². The van der Waals surface area contributed by atoms with Gasteiger partial charge in [0, 0.05) is 25.7 Å². The molecule has 0 radical (unpaired) electrons. The van der Waals surface area contributed by atoms with Crippen LogP contribution in [0.15, 0.2) is 0 Å². The summed E-state index contributed by atoms with van der Waals surface area (Å²) in [5.74, 6) is -0.638. The number of hydrogen-bond acceptors (Lipinski definition) is 15. The van der Waals surface area contributed by atoms with E-state index < -0.39 is 97.5 Å². The lowest BCUT2D eigenvalue weighted by Crippen LogP contribution is -2.30. The van der Waals surface area contributed by atoms with Crippen LogP contribution in [-0.4, -0.2) is 96.7 Å². The molecule has 0 aromatic rings. The molecule has 17 nitrogen and oxygen atoms in total. The Kier molecular flexibility index (Phi) is 65.5. The van der Waals surface area contributed by atoms with E-state index in [2.05, 4.69) is 41.5 Å². The number of phosphoric ester groups is 2. The molecule has 0 aliphatic carbocycles. The van der Waals surface area contributed by atoms with E-state index in [1.54, 1.807) is 0 Å². The maximum atomic E-state index is 13.1. The van der Waals surface area contributed by atoms with Crippen molar-refractivity contribution in [3.63, 3.8) is 0 Å². The molecule has 0 amide bonds. The maximum Gasteiger partial charge on any atom is 0.472 e. The van der Waals surface area contributed by atoms with E-state index in [9.17, 15) is 43.2 Å². The van der Waals surface area contributed by atoms with Crippen molar-refractivity contribution < 1.29 is 80.2 Å². The van der Waals surface area contributed by atoms with Crippen LogP contribution in [0.5, 0.6) is 0 Å². The minimum absolute atomic E-state index is 0.103. The topological polar surface area (TPSA) is 237 Å². The Hall–Kier alpha value is -1.94. The zero-order valence-corrected chi connectivity index (χ0v) is 63.1. The van der Waals surface area contributed by atoms with Crippen LogP contribution in [0.1, 0.15) is 388 Å². The van der Waals surface area contributed by atoms with E-state index >= 15 is 0 Å². The first-order valence-corrected chi connectivity index (χ1v) is 42.0. The fourth-order valence-corrected chi connectivity index (χ4v) is 13.1. The Morgan fingerprint density at radius 2 is 0.489 bits per heavy atom. The van der Waals surface area contributed by atoms with Crippen molar-refractivity contribution >= 4 is 39.5 Å². The van der Waals surface area contributed by atoms with E-state index in [0.717, 1.165) is 109 Å². The van der Waals surface area contributed by atoms with Crippen LogP contribution in [0.25, 0.3) is 0 Å². The highest BCUT2D eigenvalue weighted by Gasteiger charge is 2.30. The van der Waals surface area contributed by atoms with Gasteiger partial charge in [0.05, 0.1) is 26.4 Å². The molecule has 3 N–H and O–H groups in total. The lowest BCUT2D eigenvalue weighted by Gasteiger charge is -2.21. The Morgan fingerprint density at radius 1 is 0.287 bits per heavy atom. The molecule has 0 saturated heterocycles. The Bertz CT molecular complexity index is 1820. The Balaban J connectivity index is 5.15. The van der Waals surface area contributed by atoms with E-state index in [1.165, 1.54) is 193 Å². The van der Waals surface area contributed by atoms with Crippen molar-refractivity contribution in [1.29, 1.82) is 0 Å². The SMILES string of the molecule is CCCCCCCCCCCCCCCCCCCCCCCC(=O)O[C@H](COC(=O)CCCCCCCCCCCCCCCC(C)C)COP(=O)(O)OC[C@@H](O)COP(=O)(O)OC[C@@H](COC(=O)CCCCCCCCC)OC(=O)CCCCCCCCCC(C)C. The molecule has 0 heterocycles. The summed E-state index contributed by atoms with van der Waals surface area (Å²) in [7, 11) is -9.90. The number of esters is 4. The van der Waals surface area contributed by atoms with Gasteiger partial charge in [-0.1, -0.05) is 337 Å². The van der Waals surface area contributed by atoms with Crippen LogP contribution in [0.4, 0.5) is 0 Å². The largest absolute Gasteiger partial charge is 0.472 e. The summed E-state index contributed by atoms with van der Waals surface area (Å²) in [6.45, 7) is 9.49. The minimum atomic E-state index is -4.96. The Morgan fingerprint density at radius 3 is 0.723 bits per heavy atom. The number of aliphatic hydroxyl groups excluding tert-OH is 1. The molecule has 5 atom stereocenters.